The van der Waals surface area contributed by atoms with Gasteiger partial charge in [0.2, 0.25) is 0 Å². The highest BCUT2D eigenvalue weighted by atomic mass is 16.4. The minimum atomic E-state index is -0.601. The second-order valence-electron chi connectivity index (χ2n) is 4.54. The molecule has 1 saturated carbocycles. The smallest absolute Gasteiger partial charge is 0.306 e. The SMILES string of the molecule is CCN(CC)CC1CCC(C(=O)O)CC1. The highest BCUT2D eigenvalue weighted by molar-refractivity contribution is 5.69. The van der Waals surface area contributed by atoms with Crippen molar-refractivity contribution < 1.29 is 9.90 Å². The minimum absolute atomic E-state index is 0.0713. The minimum Gasteiger partial charge on any atom is -0.481 e. The van der Waals surface area contributed by atoms with Crippen LogP contribution in [0.25, 0.3) is 0 Å². The number of rotatable bonds is 5. The maximum atomic E-state index is 10.8. The number of hydrogen-bond acceptors (Lipinski definition) is 2. The van der Waals surface area contributed by atoms with E-state index in [0.29, 0.717) is 0 Å². The topological polar surface area (TPSA) is 40.5 Å². The van der Waals surface area contributed by atoms with Crippen molar-refractivity contribution in [2.45, 2.75) is 39.5 Å². The molecule has 0 aromatic carbocycles. The molecule has 15 heavy (non-hydrogen) atoms. The van der Waals surface area contributed by atoms with E-state index in [9.17, 15) is 4.79 Å². The van der Waals surface area contributed by atoms with Gasteiger partial charge in [-0.1, -0.05) is 13.8 Å². The summed E-state index contributed by atoms with van der Waals surface area (Å²) >= 11 is 0. The van der Waals surface area contributed by atoms with Crippen LogP contribution >= 0.6 is 0 Å². The molecule has 0 spiro atoms. The molecule has 1 fully saturated rings. The van der Waals surface area contributed by atoms with Crippen molar-refractivity contribution in [1.82, 2.24) is 4.90 Å². The van der Waals surface area contributed by atoms with Crippen molar-refractivity contribution in [3.05, 3.63) is 0 Å². The second-order valence-corrected chi connectivity index (χ2v) is 4.54. The molecule has 1 aliphatic rings. The van der Waals surface area contributed by atoms with Crippen molar-refractivity contribution >= 4 is 5.97 Å². The molecule has 0 aromatic heterocycles. The molecular weight excluding hydrogens is 190 g/mol. The monoisotopic (exact) mass is 213 g/mol. The van der Waals surface area contributed by atoms with Crippen LogP contribution in [0.3, 0.4) is 0 Å². The van der Waals surface area contributed by atoms with Crippen molar-refractivity contribution in [2.75, 3.05) is 19.6 Å². The van der Waals surface area contributed by atoms with E-state index in [1.54, 1.807) is 0 Å². The van der Waals surface area contributed by atoms with Gasteiger partial charge < -0.3 is 10.0 Å². The van der Waals surface area contributed by atoms with E-state index in [4.69, 9.17) is 5.11 Å². The predicted molar refractivity (Wildman–Crippen MR) is 60.9 cm³/mol. The molecule has 88 valence electrons. The van der Waals surface area contributed by atoms with E-state index in [0.717, 1.165) is 51.2 Å². The van der Waals surface area contributed by atoms with Gasteiger partial charge >= 0.3 is 5.97 Å². The van der Waals surface area contributed by atoms with E-state index in [1.807, 2.05) is 0 Å². The third-order valence-corrected chi connectivity index (χ3v) is 3.61. The molecule has 0 aliphatic heterocycles. The molecule has 0 bridgehead atoms. The van der Waals surface area contributed by atoms with E-state index in [-0.39, 0.29) is 5.92 Å². The van der Waals surface area contributed by atoms with E-state index < -0.39 is 5.97 Å². The average molecular weight is 213 g/mol. The van der Waals surface area contributed by atoms with Crippen LogP contribution in [0.4, 0.5) is 0 Å². The number of nitrogens with zero attached hydrogens (tertiary/aromatic N) is 1. The number of hydrogen-bond donors (Lipinski definition) is 1. The molecule has 0 atom stereocenters. The van der Waals surface area contributed by atoms with Crippen molar-refractivity contribution in [2.24, 2.45) is 11.8 Å². The van der Waals surface area contributed by atoms with Crippen molar-refractivity contribution in [3.8, 4) is 0 Å². The summed E-state index contributed by atoms with van der Waals surface area (Å²) in [5.41, 5.74) is 0. The van der Waals surface area contributed by atoms with Gasteiger partial charge in [0, 0.05) is 6.54 Å². The summed E-state index contributed by atoms with van der Waals surface area (Å²) in [6.07, 6.45) is 3.93. The molecule has 1 aliphatic carbocycles. The second kappa shape index (κ2) is 6.11. The lowest BCUT2D eigenvalue weighted by atomic mass is 9.82. The molecule has 0 unspecified atom stereocenters. The average Bonchev–Trinajstić information content (AvgIpc) is 2.26. The fourth-order valence-corrected chi connectivity index (χ4v) is 2.44. The summed E-state index contributed by atoms with van der Waals surface area (Å²) in [5, 5.41) is 8.89. The van der Waals surface area contributed by atoms with E-state index in [1.165, 1.54) is 0 Å². The Morgan fingerprint density at radius 2 is 1.73 bits per heavy atom. The lowest BCUT2D eigenvalue weighted by molar-refractivity contribution is -0.143. The fourth-order valence-electron chi connectivity index (χ4n) is 2.44. The fraction of sp³-hybridized carbons (Fsp3) is 0.917. The normalized spacial score (nSPS) is 26.9. The molecule has 0 heterocycles. The number of carboxylic acids is 1. The maximum Gasteiger partial charge on any atom is 0.306 e. The Balaban J connectivity index is 2.28. The maximum absolute atomic E-state index is 10.8. The van der Waals surface area contributed by atoms with Gasteiger partial charge in [-0.2, -0.15) is 0 Å². The first-order valence-corrected chi connectivity index (χ1v) is 6.12. The Labute approximate surface area is 92.5 Å². The van der Waals surface area contributed by atoms with Gasteiger partial charge in [-0.15, -0.1) is 0 Å². The highest BCUT2D eigenvalue weighted by Gasteiger charge is 2.26. The lowest BCUT2D eigenvalue weighted by Crippen LogP contribution is -2.32. The molecule has 0 amide bonds. The Morgan fingerprint density at radius 1 is 1.20 bits per heavy atom. The zero-order chi connectivity index (χ0) is 11.3. The van der Waals surface area contributed by atoms with Crippen molar-refractivity contribution in [3.63, 3.8) is 0 Å². The van der Waals surface area contributed by atoms with Gasteiger partial charge in [0.05, 0.1) is 5.92 Å². The first kappa shape index (κ1) is 12.5. The highest BCUT2D eigenvalue weighted by Crippen LogP contribution is 2.29. The Bertz CT molecular complexity index is 194. The van der Waals surface area contributed by atoms with Crippen molar-refractivity contribution in [1.29, 1.82) is 0 Å². The third kappa shape index (κ3) is 3.82. The summed E-state index contributed by atoms with van der Waals surface area (Å²) in [5.74, 6) is 0.0507. The largest absolute Gasteiger partial charge is 0.481 e. The van der Waals surface area contributed by atoms with Crippen LogP contribution in [0.5, 0.6) is 0 Å². The van der Waals surface area contributed by atoms with Crippen LogP contribution < -0.4 is 0 Å². The summed E-state index contributed by atoms with van der Waals surface area (Å²) in [4.78, 5) is 13.2. The van der Waals surface area contributed by atoms with Gasteiger partial charge in [-0.05, 0) is 44.7 Å². The molecular formula is C12H23NO2. The number of carboxylic acid groups (broad SMARTS) is 1. The standard InChI is InChI=1S/C12H23NO2/c1-3-13(4-2)9-10-5-7-11(8-6-10)12(14)15/h10-11H,3-9H2,1-2H3,(H,14,15). The molecule has 1 rings (SSSR count). The Hall–Kier alpha value is -0.570. The van der Waals surface area contributed by atoms with Crippen LogP contribution in [0.1, 0.15) is 39.5 Å². The lowest BCUT2D eigenvalue weighted by Gasteiger charge is -2.30. The Morgan fingerprint density at radius 3 is 2.13 bits per heavy atom. The molecule has 0 radical (unpaired) electrons. The van der Waals surface area contributed by atoms with Gasteiger partial charge in [-0.25, -0.2) is 0 Å². The molecule has 3 nitrogen and oxygen atoms in total. The van der Waals surface area contributed by atoms with Crippen LogP contribution in [-0.2, 0) is 4.79 Å². The summed E-state index contributed by atoms with van der Waals surface area (Å²) in [7, 11) is 0. The van der Waals surface area contributed by atoms with Gasteiger partial charge in [-0.3, -0.25) is 4.79 Å². The number of aliphatic carboxylic acids is 1. The predicted octanol–water partition coefficient (Wildman–Crippen LogP) is 2.22. The third-order valence-electron chi connectivity index (χ3n) is 3.61. The summed E-state index contributed by atoms with van der Waals surface area (Å²) in [6.45, 7) is 7.74. The van der Waals surface area contributed by atoms with Crippen LogP contribution in [0, 0.1) is 11.8 Å². The van der Waals surface area contributed by atoms with Crippen LogP contribution in [-0.4, -0.2) is 35.6 Å². The van der Waals surface area contributed by atoms with E-state index >= 15 is 0 Å². The zero-order valence-corrected chi connectivity index (χ0v) is 9.91. The van der Waals surface area contributed by atoms with Gasteiger partial charge in [0.25, 0.3) is 0 Å². The van der Waals surface area contributed by atoms with E-state index in [2.05, 4.69) is 18.7 Å². The summed E-state index contributed by atoms with van der Waals surface area (Å²) < 4.78 is 0. The quantitative estimate of drug-likeness (QED) is 0.761. The van der Waals surface area contributed by atoms with Gasteiger partial charge in [0.15, 0.2) is 0 Å². The molecule has 0 aromatic rings. The zero-order valence-electron chi connectivity index (χ0n) is 9.91. The van der Waals surface area contributed by atoms with Crippen LogP contribution in [0.15, 0.2) is 0 Å². The first-order chi connectivity index (χ1) is 7.17. The molecule has 0 saturated heterocycles. The number of carbonyl (C=O) groups is 1. The molecule has 1 N–H and O–H groups in total. The Kier molecular flexibility index (Phi) is 5.09. The van der Waals surface area contributed by atoms with Gasteiger partial charge in [0.1, 0.15) is 0 Å². The first-order valence-electron chi connectivity index (χ1n) is 6.12. The summed E-state index contributed by atoms with van der Waals surface area (Å²) in [6, 6.07) is 0. The molecule has 3 heteroatoms. The van der Waals surface area contributed by atoms with Crippen LogP contribution in [0.2, 0.25) is 0 Å².